The lowest BCUT2D eigenvalue weighted by Gasteiger charge is -2.03. The first-order valence-electron chi connectivity index (χ1n) is 6.41. The Morgan fingerprint density at radius 3 is 2.95 bits per heavy atom. The predicted octanol–water partition coefficient (Wildman–Crippen LogP) is 3.34. The third-order valence-electron chi connectivity index (χ3n) is 3.27. The van der Waals surface area contributed by atoms with Crippen molar-refractivity contribution < 1.29 is 9.47 Å². The maximum Gasteiger partial charge on any atom is 0.231 e. The van der Waals surface area contributed by atoms with E-state index < -0.39 is 0 Å². The Morgan fingerprint density at radius 1 is 1.10 bits per heavy atom. The van der Waals surface area contributed by atoms with Gasteiger partial charge in [0.05, 0.1) is 11.0 Å². The Balaban J connectivity index is 1.66. The van der Waals surface area contributed by atoms with Crippen LogP contribution in [-0.2, 0) is 0 Å². The van der Waals surface area contributed by atoms with Crippen molar-refractivity contribution in [3.05, 3.63) is 42.0 Å². The van der Waals surface area contributed by atoms with Gasteiger partial charge in [0.2, 0.25) is 12.7 Å². The monoisotopic (exact) mass is 267 g/mol. The molecule has 0 fully saturated rings. The second-order valence-corrected chi connectivity index (χ2v) is 4.80. The summed E-state index contributed by atoms with van der Waals surface area (Å²) in [6.07, 6.45) is 0. The van der Waals surface area contributed by atoms with Crippen LogP contribution < -0.4 is 14.8 Å². The van der Waals surface area contributed by atoms with Crippen molar-refractivity contribution in [3.8, 4) is 11.5 Å². The highest BCUT2D eigenvalue weighted by atomic mass is 16.7. The number of hydrogen-bond donors (Lipinski definition) is 2. The van der Waals surface area contributed by atoms with Crippen molar-refractivity contribution in [2.45, 2.75) is 6.92 Å². The van der Waals surface area contributed by atoms with Crippen LogP contribution in [0, 0.1) is 6.92 Å². The van der Waals surface area contributed by atoms with Crippen LogP contribution in [0.25, 0.3) is 11.0 Å². The van der Waals surface area contributed by atoms with Crippen LogP contribution in [-0.4, -0.2) is 16.8 Å². The molecule has 5 nitrogen and oxygen atoms in total. The number of aromatic amines is 1. The highest BCUT2D eigenvalue weighted by molar-refractivity contribution is 5.79. The summed E-state index contributed by atoms with van der Waals surface area (Å²) >= 11 is 0. The van der Waals surface area contributed by atoms with Crippen molar-refractivity contribution in [3.63, 3.8) is 0 Å². The first kappa shape index (κ1) is 11.2. The first-order valence-corrected chi connectivity index (χ1v) is 6.41. The summed E-state index contributed by atoms with van der Waals surface area (Å²) in [5.41, 5.74) is 4.08. The molecule has 2 N–H and O–H groups in total. The Bertz CT molecular complexity index is 795. The molecule has 100 valence electrons. The molecule has 0 aliphatic carbocycles. The smallest absolute Gasteiger partial charge is 0.231 e. The van der Waals surface area contributed by atoms with Gasteiger partial charge in [0.1, 0.15) is 0 Å². The molecule has 0 unspecified atom stereocenters. The fourth-order valence-corrected chi connectivity index (χ4v) is 2.29. The molecule has 2 aromatic carbocycles. The van der Waals surface area contributed by atoms with Gasteiger partial charge in [-0.05, 0) is 36.8 Å². The van der Waals surface area contributed by atoms with Gasteiger partial charge < -0.3 is 19.8 Å². The van der Waals surface area contributed by atoms with E-state index in [2.05, 4.69) is 28.3 Å². The minimum atomic E-state index is 0.280. The molecule has 20 heavy (non-hydrogen) atoms. The third kappa shape index (κ3) is 1.84. The zero-order chi connectivity index (χ0) is 13.5. The van der Waals surface area contributed by atoms with E-state index in [4.69, 9.17) is 9.47 Å². The van der Waals surface area contributed by atoms with Crippen LogP contribution in [0.4, 0.5) is 11.6 Å². The lowest BCUT2D eigenvalue weighted by Crippen LogP contribution is -1.93. The molecule has 3 aromatic rings. The highest BCUT2D eigenvalue weighted by Crippen LogP contribution is 2.34. The van der Waals surface area contributed by atoms with Crippen molar-refractivity contribution in [2.75, 3.05) is 12.1 Å². The topological polar surface area (TPSA) is 59.2 Å². The number of rotatable bonds is 2. The van der Waals surface area contributed by atoms with Gasteiger partial charge >= 0.3 is 0 Å². The molecule has 0 saturated heterocycles. The van der Waals surface area contributed by atoms with Crippen molar-refractivity contribution in [1.29, 1.82) is 0 Å². The lowest BCUT2D eigenvalue weighted by atomic mass is 10.2. The van der Waals surface area contributed by atoms with Gasteiger partial charge in [-0.2, -0.15) is 0 Å². The number of benzene rings is 2. The highest BCUT2D eigenvalue weighted by Gasteiger charge is 2.13. The summed E-state index contributed by atoms with van der Waals surface area (Å²) in [5, 5.41) is 3.24. The summed E-state index contributed by atoms with van der Waals surface area (Å²) < 4.78 is 10.7. The Morgan fingerprint density at radius 2 is 2.00 bits per heavy atom. The van der Waals surface area contributed by atoms with Crippen LogP contribution in [0.2, 0.25) is 0 Å². The van der Waals surface area contributed by atoms with Crippen LogP contribution in [0.3, 0.4) is 0 Å². The average molecular weight is 267 g/mol. The molecule has 1 aromatic heterocycles. The molecule has 0 atom stereocenters. The lowest BCUT2D eigenvalue weighted by molar-refractivity contribution is 0.174. The SMILES string of the molecule is Cc1ccc2nc(Nc3ccc4c(c3)OCO4)[nH]c2c1. The summed E-state index contributed by atoms with van der Waals surface area (Å²) in [7, 11) is 0. The predicted molar refractivity (Wildman–Crippen MR) is 76.7 cm³/mol. The molecule has 1 aliphatic heterocycles. The van der Waals surface area contributed by atoms with E-state index in [9.17, 15) is 0 Å². The Hall–Kier alpha value is -2.69. The second kappa shape index (κ2) is 4.16. The van der Waals surface area contributed by atoms with Crippen LogP contribution in [0.1, 0.15) is 5.56 Å². The van der Waals surface area contributed by atoms with Crippen LogP contribution in [0.15, 0.2) is 36.4 Å². The van der Waals surface area contributed by atoms with Gasteiger partial charge in [-0.25, -0.2) is 4.98 Å². The molecule has 5 heteroatoms. The number of H-pyrrole nitrogens is 1. The normalized spacial score (nSPS) is 12.8. The molecular weight excluding hydrogens is 254 g/mol. The second-order valence-electron chi connectivity index (χ2n) is 4.80. The molecule has 4 rings (SSSR count). The van der Waals surface area contributed by atoms with E-state index in [1.807, 2.05) is 30.3 Å². The number of nitrogens with one attached hydrogen (secondary N) is 2. The number of imidazole rings is 1. The number of ether oxygens (including phenoxy) is 2. The van der Waals surface area contributed by atoms with E-state index >= 15 is 0 Å². The average Bonchev–Trinajstić information content (AvgIpc) is 3.03. The van der Waals surface area contributed by atoms with Gasteiger partial charge in [-0.15, -0.1) is 0 Å². The Kier molecular flexibility index (Phi) is 2.32. The summed E-state index contributed by atoms with van der Waals surface area (Å²) in [4.78, 5) is 7.76. The zero-order valence-electron chi connectivity index (χ0n) is 10.9. The first-order chi connectivity index (χ1) is 9.78. The largest absolute Gasteiger partial charge is 0.454 e. The van der Waals surface area contributed by atoms with E-state index in [1.54, 1.807) is 0 Å². The molecule has 0 bridgehead atoms. The Labute approximate surface area is 115 Å². The molecule has 1 aliphatic rings. The number of nitrogens with zero attached hydrogens (tertiary/aromatic N) is 1. The number of hydrogen-bond acceptors (Lipinski definition) is 4. The van der Waals surface area contributed by atoms with Crippen molar-refractivity contribution in [1.82, 2.24) is 9.97 Å². The molecule has 0 radical (unpaired) electrons. The number of aromatic nitrogens is 2. The zero-order valence-corrected chi connectivity index (χ0v) is 10.9. The summed E-state index contributed by atoms with van der Waals surface area (Å²) in [5.74, 6) is 2.24. The molecular formula is C15H13N3O2. The van der Waals surface area contributed by atoms with Gasteiger partial charge in [0, 0.05) is 11.8 Å². The van der Waals surface area contributed by atoms with E-state index in [1.165, 1.54) is 5.56 Å². The number of fused-ring (bicyclic) bond motifs is 2. The maximum absolute atomic E-state index is 5.36. The standard InChI is InChI=1S/C15H13N3O2/c1-9-2-4-11-12(6-9)18-15(17-11)16-10-3-5-13-14(7-10)20-8-19-13/h2-7H,8H2,1H3,(H2,16,17,18). The third-order valence-corrected chi connectivity index (χ3v) is 3.27. The van der Waals surface area contributed by atoms with Gasteiger partial charge in [0.15, 0.2) is 11.5 Å². The molecule has 2 heterocycles. The maximum atomic E-state index is 5.36. The molecule has 0 spiro atoms. The van der Waals surface area contributed by atoms with E-state index in [-0.39, 0.29) is 6.79 Å². The number of anilines is 2. The van der Waals surface area contributed by atoms with Crippen molar-refractivity contribution >= 4 is 22.7 Å². The van der Waals surface area contributed by atoms with E-state index in [0.29, 0.717) is 5.95 Å². The summed E-state index contributed by atoms with van der Waals surface area (Å²) in [6.45, 7) is 2.34. The van der Waals surface area contributed by atoms with Crippen LogP contribution in [0.5, 0.6) is 11.5 Å². The van der Waals surface area contributed by atoms with Crippen LogP contribution >= 0.6 is 0 Å². The van der Waals surface area contributed by atoms with Gasteiger partial charge in [0.25, 0.3) is 0 Å². The summed E-state index contributed by atoms with van der Waals surface area (Å²) in [6, 6.07) is 11.9. The minimum Gasteiger partial charge on any atom is -0.454 e. The van der Waals surface area contributed by atoms with E-state index in [0.717, 1.165) is 28.2 Å². The fourth-order valence-electron chi connectivity index (χ4n) is 2.29. The van der Waals surface area contributed by atoms with Gasteiger partial charge in [-0.1, -0.05) is 6.07 Å². The number of aryl methyl sites for hydroxylation is 1. The molecule has 0 saturated carbocycles. The quantitative estimate of drug-likeness (QED) is 0.747. The molecule has 0 amide bonds. The fraction of sp³-hybridized carbons (Fsp3) is 0.133. The van der Waals surface area contributed by atoms with Crippen molar-refractivity contribution in [2.24, 2.45) is 0 Å². The minimum absolute atomic E-state index is 0.280. The van der Waals surface area contributed by atoms with Gasteiger partial charge in [-0.3, -0.25) is 0 Å².